The molecule has 176 valence electrons. The summed E-state index contributed by atoms with van der Waals surface area (Å²) in [6.45, 7) is 3.79. The van der Waals surface area contributed by atoms with Gasteiger partial charge < -0.3 is 14.2 Å². The van der Waals surface area contributed by atoms with Crippen LogP contribution >= 0.6 is 0 Å². The molecular formula is C22H27N5O6. The van der Waals surface area contributed by atoms with Crippen LogP contribution in [0.5, 0.6) is 0 Å². The number of hydrogen-bond acceptors (Lipinski definition) is 7. The normalized spacial score (nSPS) is 23.0. The first-order valence-corrected chi connectivity index (χ1v) is 10.7. The number of nitrogens with zero attached hydrogens (tertiary/aromatic N) is 4. The molecule has 0 amide bonds. The number of nitrogens with one attached hydrogen (secondary N) is 1. The average molecular weight is 457 g/mol. The number of carbonyl (C=O) groups excluding carboxylic acids is 1. The van der Waals surface area contributed by atoms with E-state index in [9.17, 15) is 14.4 Å². The molecule has 33 heavy (non-hydrogen) atoms. The van der Waals surface area contributed by atoms with Gasteiger partial charge in [-0.2, -0.15) is 0 Å². The number of esters is 1. The SMILES string of the molecule is CC(=O)O[C@H]1C(C)[C@@H]([C@@H](CCCN=[N+]=[N-])OCc2ccccc2)O[C@H]1n1ccc(=O)[nH]c1=O. The molecule has 0 aliphatic carbocycles. The second-order valence-corrected chi connectivity index (χ2v) is 7.87. The lowest BCUT2D eigenvalue weighted by Crippen LogP contribution is -2.37. The van der Waals surface area contributed by atoms with Crippen LogP contribution < -0.4 is 11.2 Å². The molecule has 11 heteroatoms. The third-order valence-corrected chi connectivity index (χ3v) is 5.52. The Balaban J connectivity index is 1.86. The maximum absolute atomic E-state index is 12.4. The molecule has 2 aromatic rings. The fraction of sp³-hybridized carbons (Fsp3) is 0.500. The quantitative estimate of drug-likeness (QED) is 0.191. The zero-order chi connectivity index (χ0) is 23.8. The standard InChI is InChI=1S/C22H27N5O6/c1-14-19(17(9-6-11-24-26-23)31-13-16-7-4-3-5-8-16)33-21(20(14)32-15(2)28)27-12-10-18(29)25-22(27)30/h3-5,7-8,10,12,14,17,19-21H,6,9,11,13H2,1-2H3,(H,25,29,30)/t14?,17-,19+,20+,21-/m1/s1. The predicted molar refractivity (Wildman–Crippen MR) is 118 cm³/mol. The molecule has 1 aromatic carbocycles. The summed E-state index contributed by atoms with van der Waals surface area (Å²) in [4.78, 5) is 40.7. The molecule has 3 rings (SSSR count). The third kappa shape index (κ3) is 6.32. The van der Waals surface area contributed by atoms with Gasteiger partial charge in [-0.3, -0.25) is 19.1 Å². The first kappa shape index (κ1) is 24.2. The summed E-state index contributed by atoms with van der Waals surface area (Å²) in [7, 11) is 0. The van der Waals surface area contributed by atoms with Gasteiger partial charge in [-0.1, -0.05) is 42.4 Å². The fourth-order valence-electron chi connectivity index (χ4n) is 3.97. The van der Waals surface area contributed by atoms with Crippen LogP contribution in [-0.2, 0) is 25.6 Å². The molecule has 5 atom stereocenters. The number of hydrogen-bond donors (Lipinski definition) is 1. The van der Waals surface area contributed by atoms with Crippen LogP contribution in [0.25, 0.3) is 10.4 Å². The molecule has 1 aliphatic heterocycles. The van der Waals surface area contributed by atoms with Gasteiger partial charge in [-0.15, -0.1) is 0 Å². The molecular weight excluding hydrogens is 430 g/mol. The Labute approximate surface area is 189 Å². The lowest BCUT2D eigenvalue weighted by atomic mass is 9.93. The maximum Gasteiger partial charge on any atom is 0.330 e. The topological polar surface area (TPSA) is 148 Å². The summed E-state index contributed by atoms with van der Waals surface area (Å²) in [6, 6.07) is 10.8. The monoisotopic (exact) mass is 457 g/mol. The van der Waals surface area contributed by atoms with Crippen molar-refractivity contribution < 1.29 is 19.0 Å². The van der Waals surface area contributed by atoms with Crippen molar-refractivity contribution in [1.82, 2.24) is 9.55 Å². The fourth-order valence-corrected chi connectivity index (χ4v) is 3.97. The number of H-pyrrole nitrogens is 1. The molecule has 0 radical (unpaired) electrons. The smallest absolute Gasteiger partial charge is 0.330 e. The molecule has 1 aromatic heterocycles. The molecule has 1 aliphatic rings. The highest BCUT2D eigenvalue weighted by Gasteiger charge is 2.48. The number of ether oxygens (including phenoxy) is 3. The van der Waals surface area contributed by atoms with Crippen molar-refractivity contribution in [2.45, 2.75) is 57.8 Å². The van der Waals surface area contributed by atoms with Gasteiger partial charge in [-0.25, -0.2) is 4.79 Å². The molecule has 1 N–H and O–H groups in total. The summed E-state index contributed by atoms with van der Waals surface area (Å²) in [5.41, 5.74) is 8.34. The van der Waals surface area contributed by atoms with E-state index in [-0.39, 0.29) is 5.92 Å². The van der Waals surface area contributed by atoms with Crippen molar-refractivity contribution >= 4 is 5.97 Å². The number of carbonyl (C=O) groups is 1. The van der Waals surface area contributed by atoms with Crippen LogP contribution in [0.15, 0.2) is 57.3 Å². The van der Waals surface area contributed by atoms with Crippen molar-refractivity contribution in [3.05, 3.63) is 79.4 Å². The number of benzene rings is 1. The van der Waals surface area contributed by atoms with Crippen molar-refractivity contribution in [3.8, 4) is 0 Å². The number of aromatic amines is 1. The highest BCUT2D eigenvalue weighted by Crippen LogP contribution is 2.38. The Bertz CT molecular complexity index is 1090. The minimum absolute atomic E-state index is 0.305. The van der Waals surface area contributed by atoms with E-state index in [0.29, 0.717) is 26.0 Å². The van der Waals surface area contributed by atoms with Crippen LogP contribution in [0, 0.1) is 5.92 Å². The molecule has 1 saturated heterocycles. The van der Waals surface area contributed by atoms with Crippen LogP contribution in [0.1, 0.15) is 38.5 Å². The van der Waals surface area contributed by atoms with Crippen LogP contribution in [-0.4, -0.2) is 40.4 Å². The summed E-state index contributed by atoms with van der Waals surface area (Å²) < 4.78 is 19.2. The second kappa shape index (κ2) is 11.5. The third-order valence-electron chi connectivity index (χ3n) is 5.52. The molecule has 1 fully saturated rings. The van der Waals surface area contributed by atoms with Crippen LogP contribution in [0.2, 0.25) is 0 Å². The number of aromatic nitrogens is 2. The molecule has 0 bridgehead atoms. The predicted octanol–water partition coefficient (Wildman–Crippen LogP) is 2.68. The van der Waals surface area contributed by atoms with Crippen LogP contribution in [0.3, 0.4) is 0 Å². The molecule has 0 saturated carbocycles. The van der Waals surface area contributed by atoms with E-state index in [1.54, 1.807) is 0 Å². The van der Waals surface area contributed by atoms with Gasteiger partial charge in [-0.05, 0) is 23.9 Å². The van der Waals surface area contributed by atoms with Gasteiger partial charge in [0.1, 0.15) is 0 Å². The van der Waals surface area contributed by atoms with E-state index < -0.39 is 41.8 Å². The highest BCUT2D eigenvalue weighted by atomic mass is 16.6. The zero-order valence-electron chi connectivity index (χ0n) is 18.5. The van der Waals surface area contributed by atoms with Crippen molar-refractivity contribution in [2.24, 2.45) is 11.0 Å². The van der Waals surface area contributed by atoms with Gasteiger partial charge in [0.2, 0.25) is 0 Å². The number of azide groups is 1. The summed E-state index contributed by atoms with van der Waals surface area (Å²) in [5, 5.41) is 3.58. The highest BCUT2D eigenvalue weighted by molar-refractivity contribution is 5.66. The Morgan fingerprint density at radius 1 is 1.30 bits per heavy atom. The van der Waals surface area contributed by atoms with Gasteiger partial charge in [0, 0.05) is 36.6 Å². The Morgan fingerprint density at radius 3 is 2.73 bits per heavy atom. The van der Waals surface area contributed by atoms with Gasteiger partial charge >= 0.3 is 11.7 Å². The average Bonchev–Trinajstić information content (AvgIpc) is 3.09. The Hall–Kier alpha value is -3.40. The Morgan fingerprint density at radius 2 is 2.06 bits per heavy atom. The van der Waals surface area contributed by atoms with Crippen LogP contribution in [0.4, 0.5) is 0 Å². The zero-order valence-corrected chi connectivity index (χ0v) is 18.5. The van der Waals surface area contributed by atoms with E-state index >= 15 is 0 Å². The van der Waals surface area contributed by atoms with E-state index in [0.717, 1.165) is 5.56 Å². The lowest BCUT2D eigenvalue weighted by molar-refractivity contribution is -0.154. The van der Waals surface area contributed by atoms with E-state index in [1.807, 2.05) is 37.3 Å². The van der Waals surface area contributed by atoms with E-state index in [2.05, 4.69) is 15.0 Å². The first-order valence-electron chi connectivity index (χ1n) is 10.7. The van der Waals surface area contributed by atoms with Gasteiger partial charge in [0.05, 0.1) is 18.8 Å². The largest absolute Gasteiger partial charge is 0.457 e. The minimum atomic E-state index is -0.932. The first-order chi connectivity index (χ1) is 15.9. The molecule has 2 heterocycles. The second-order valence-electron chi connectivity index (χ2n) is 7.87. The maximum atomic E-state index is 12.4. The molecule has 0 spiro atoms. The summed E-state index contributed by atoms with van der Waals surface area (Å²) in [5.74, 6) is -0.832. The van der Waals surface area contributed by atoms with Gasteiger partial charge in [0.15, 0.2) is 12.3 Å². The molecule has 11 nitrogen and oxygen atoms in total. The number of rotatable bonds is 10. The van der Waals surface area contributed by atoms with E-state index in [1.165, 1.54) is 23.8 Å². The van der Waals surface area contributed by atoms with E-state index in [4.69, 9.17) is 19.7 Å². The lowest BCUT2D eigenvalue weighted by Gasteiger charge is -2.27. The van der Waals surface area contributed by atoms with Crippen molar-refractivity contribution in [2.75, 3.05) is 6.54 Å². The minimum Gasteiger partial charge on any atom is -0.457 e. The molecule has 1 unspecified atom stereocenters. The van der Waals surface area contributed by atoms with Gasteiger partial charge in [0.25, 0.3) is 5.56 Å². The summed E-state index contributed by atoms with van der Waals surface area (Å²) in [6.07, 6.45) is -0.227. The van der Waals surface area contributed by atoms with Crippen molar-refractivity contribution in [3.63, 3.8) is 0 Å². The van der Waals surface area contributed by atoms with Crippen molar-refractivity contribution in [1.29, 1.82) is 0 Å². The Kier molecular flexibility index (Phi) is 8.42. The summed E-state index contributed by atoms with van der Waals surface area (Å²) >= 11 is 0.